The zero-order valence-corrected chi connectivity index (χ0v) is 11.1. The molecule has 1 aromatic heterocycles. The monoisotopic (exact) mass is 252 g/mol. The molecule has 0 atom stereocenters. The van der Waals surface area contributed by atoms with Crippen molar-refractivity contribution >= 4 is 17.7 Å². The van der Waals surface area contributed by atoms with Gasteiger partial charge in [0.2, 0.25) is 5.91 Å². The summed E-state index contributed by atoms with van der Waals surface area (Å²) in [5.41, 5.74) is 3.98. The molecule has 0 spiro atoms. The van der Waals surface area contributed by atoms with Gasteiger partial charge in [-0.3, -0.25) is 9.78 Å². The van der Waals surface area contributed by atoms with Crippen molar-refractivity contribution in [3.8, 4) is 0 Å². The standard InChI is InChI=1S/C16H16N2O/c1-12-8-13(2)10-15(9-12)18-16(19)6-5-14-4-3-7-17-11-14/h3-11H,1-2H3,(H,18,19)/b6-5+. The highest BCUT2D eigenvalue weighted by molar-refractivity contribution is 6.01. The number of nitrogens with zero attached hydrogens (tertiary/aromatic N) is 1. The molecule has 0 aliphatic heterocycles. The van der Waals surface area contributed by atoms with Crippen LogP contribution in [0.1, 0.15) is 16.7 Å². The molecule has 1 amide bonds. The van der Waals surface area contributed by atoms with Gasteiger partial charge in [0.1, 0.15) is 0 Å². The maximum Gasteiger partial charge on any atom is 0.248 e. The van der Waals surface area contributed by atoms with E-state index in [4.69, 9.17) is 0 Å². The summed E-state index contributed by atoms with van der Waals surface area (Å²) >= 11 is 0. The summed E-state index contributed by atoms with van der Waals surface area (Å²) in [6.45, 7) is 4.02. The molecule has 3 heteroatoms. The summed E-state index contributed by atoms with van der Waals surface area (Å²) in [4.78, 5) is 15.8. The summed E-state index contributed by atoms with van der Waals surface area (Å²) in [7, 11) is 0. The van der Waals surface area contributed by atoms with Crippen LogP contribution in [-0.4, -0.2) is 10.9 Å². The zero-order chi connectivity index (χ0) is 13.7. The van der Waals surface area contributed by atoms with Crippen molar-refractivity contribution in [3.05, 3.63) is 65.5 Å². The van der Waals surface area contributed by atoms with E-state index >= 15 is 0 Å². The highest BCUT2D eigenvalue weighted by Gasteiger charge is 1.99. The van der Waals surface area contributed by atoms with Crippen molar-refractivity contribution < 1.29 is 4.79 Å². The van der Waals surface area contributed by atoms with E-state index in [0.29, 0.717) is 0 Å². The molecule has 2 aromatic rings. The van der Waals surface area contributed by atoms with E-state index in [1.807, 2.05) is 38.1 Å². The number of carbonyl (C=O) groups excluding carboxylic acids is 1. The van der Waals surface area contributed by atoms with Gasteiger partial charge >= 0.3 is 0 Å². The Kier molecular flexibility index (Phi) is 4.08. The fourth-order valence-corrected chi connectivity index (χ4v) is 1.88. The number of nitrogens with one attached hydrogen (secondary N) is 1. The van der Waals surface area contributed by atoms with E-state index in [2.05, 4.69) is 16.4 Å². The third-order valence-electron chi connectivity index (χ3n) is 2.60. The molecule has 0 saturated carbocycles. The van der Waals surface area contributed by atoms with Crippen LogP contribution in [-0.2, 0) is 4.79 Å². The Hall–Kier alpha value is -2.42. The molecule has 0 fully saturated rings. The lowest BCUT2D eigenvalue weighted by molar-refractivity contribution is -0.111. The lowest BCUT2D eigenvalue weighted by Crippen LogP contribution is -2.08. The summed E-state index contributed by atoms with van der Waals surface area (Å²) in [5, 5.41) is 2.85. The number of pyridine rings is 1. The lowest BCUT2D eigenvalue weighted by atomic mass is 10.1. The highest BCUT2D eigenvalue weighted by atomic mass is 16.1. The van der Waals surface area contributed by atoms with Crippen molar-refractivity contribution in [1.29, 1.82) is 0 Å². The van der Waals surface area contributed by atoms with Gasteiger partial charge in [-0.1, -0.05) is 12.1 Å². The Morgan fingerprint density at radius 3 is 2.58 bits per heavy atom. The molecule has 1 N–H and O–H groups in total. The molecule has 19 heavy (non-hydrogen) atoms. The molecule has 0 unspecified atom stereocenters. The summed E-state index contributed by atoms with van der Waals surface area (Å²) in [5.74, 6) is -0.145. The molecular weight excluding hydrogens is 236 g/mol. The van der Waals surface area contributed by atoms with Gasteiger partial charge in [-0.15, -0.1) is 0 Å². The van der Waals surface area contributed by atoms with Crippen molar-refractivity contribution in [3.63, 3.8) is 0 Å². The van der Waals surface area contributed by atoms with Crippen LogP contribution in [0.15, 0.2) is 48.8 Å². The van der Waals surface area contributed by atoms with Crippen LogP contribution in [0.4, 0.5) is 5.69 Å². The third-order valence-corrected chi connectivity index (χ3v) is 2.60. The minimum Gasteiger partial charge on any atom is -0.322 e. The summed E-state index contributed by atoms with van der Waals surface area (Å²) in [6, 6.07) is 9.70. The molecule has 0 radical (unpaired) electrons. The zero-order valence-electron chi connectivity index (χ0n) is 11.1. The summed E-state index contributed by atoms with van der Waals surface area (Å²) < 4.78 is 0. The predicted octanol–water partition coefficient (Wildman–Crippen LogP) is 3.35. The lowest BCUT2D eigenvalue weighted by Gasteiger charge is -2.05. The Morgan fingerprint density at radius 2 is 1.95 bits per heavy atom. The average molecular weight is 252 g/mol. The first-order chi connectivity index (χ1) is 9.13. The number of aryl methyl sites for hydroxylation is 2. The number of hydrogen-bond acceptors (Lipinski definition) is 2. The van der Waals surface area contributed by atoms with Gasteiger partial charge in [-0.2, -0.15) is 0 Å². The minimum atomic E-state index is -0.145. The third kappa shape index (κ3) is 4.07. The van der Waals surface area contributed by atoms with E-state index in [0.717, 1.165) is 22.4 Å². The largest absolute Gasteiger partial charge is 0.322 e. The van der Waals surface area contributed by atoms with E-state index in [9.17, 15) is 4.79 Å². The summed E-state index contributed by atoms with van der Waals surface area (Å²) in [6.07, 6.45) is 6.66. The Labute approximate surface area is 113 Å². The van der Waals surface area contributed by atoms with Gasteiger partial charge in [0.15, 0.2) is 0 Å². The molecule has 96 valence electrons. The molecule has 0 saturated heterocycles. The van der Waals surface area contributed by atoms with E-state index in [1.54, 1.807) is 18.5 Å². The van der Waals surface area contributed by atoms with Crippen molar-refractivity contribution in [2.45, 2.75) is 13.8 Å². The minimum absolute atomic E-state index is 0.145. The fourth-order valence-electron chi connectivity index (χ4n) is 1.88. The first-order valence-electron chi connectivity index (χ1n) is 6.11. The molecule has 2 rings (SSSR count). The fraction of sp³-hybridized carbons (Fsp3) is 0.125. The molecule has 0 aliphatic rings. The Bertz CT molecular complexity index is 583. The number of benzene rings is 1. The number of anilines is 1. The van der Waals surface area contributed by atoms with Gasteiger partial charge in [0.25, 0.3) is 0 Å². The van der Waals surface area contributed by atoms with Gasteiger partial charge in [-0.05, 0) is 54.8 Å². The second-order valence-electron chi connectivity index (χ2n) is 4.49. The SMILES string of the molecule is Cc1cc(C)cc(NC(=O)/C=C/c2cccnc2)c1. The highest BCUT2D eigenvalue weighted by Crippen LogP contribution is 2.13. The molecule has 1 aromatic carbocycles. The Morgan fingerprint density at radius 1 is 1.21 bits per heavy atom. The first-order valence-corrected chi connectivity index (χ1v) is 6.11. The van der Waals surface area contributed by atoms with Crippen molar-refractivity contribution in [2.75, 3.05) is 5.32 Å². The number of hydrogen-bond donors (Lipinski definition) is 1. The van der Waals surface area contributed by atoms with E-state index in [1.165, 1.54) is 6.08 Å². The molecular formula is C16H16N2O. The van der Waals surface area contributed by atoms with E-state index in [-0.39, 0.29) is 5.91 Å². The molecule has 3 nitrogen and oxygen atoms in total. The van der Waals surface area contributed by atoms with Crippen LogP contribution in [0, 0.1) is 13.8 Å². The van der Waals surface area contributed by atoms with Crippen LogP contribution in [0.3, 0.4) is 0 Å². The molecule has 0 aliphatic carbocycles. The molecule has 1 heterocycles. The van der Waals surface area contributed by atoms with Crippen LogP contribution in [0.25, 0.3) is 6.08 Å². The first kappa shape index (κ1) is 13.0. The smallest absolute Gasteiger partial charge is 0.248 e. The van der Waals surface area contributed by atoms with Gasteiger partial charge in [-0.25, -0.2) is 0 Å². The van der Waals surface area contributed by atoms with E-state index < -0.39 is 0 Å². The van der Waals surface area contributed by atoms with Gasteiger partial charge in [0.05, 0.1) is 0 Å². The van der Waals surface area contributed by atoms with Crippen LogP contribution in [0.5, 0.6) is 0 Å². The number of rotatable bonds is 3. The van der Waals surface area contributed by atoms with Crippen LogP contribution < -0.4 is 5.32 Å². The van der Waals surface area contributed by atoms with Crippen molar-refractivity contribution in [1.82, 2.24) is 4.98 Å². The van der Waals surface area contributed by atoms with Gasteiger partial charge in [0, 0.05) is 24.2 Å². The number of carbonyl (C=O) groups is 1. The van der Waals surface area contributed by atoms with Crippen LogP contribution in [0.2, 0.25) is 0 Å². The average Bonchev–Trinajstić information content (AvgIpc) is 2.36. The predicted molar refractivity (Wildman–Crippen MR) is 77.8 cm³/mol. The topological polar surface area (TPSA) is 42.0 Å². The quantitative estimate of drug-likeness (QED) is 0.851. The maximum atomic E-state index is 11.8. The second-order valence-corrected chi connectivity index (χ2v) is 4.49. The normalized spacial score (nSPS) is 10.6. The molecule has 0 bridgehead atoms. The Balaban J connectivity index is 2.03. The maximum absolute atomic E-state index is 11.8. The number of aromatic nitrogens is 1. The van der Waals surface area contributed by atoms with Crippen molar-refractivity contribution in [2.24, 2.45) is 0 Å². The van der Waals surface area contributed by atoms with Gasteiger partial charge < -0.3 is 5.32 Å². The number of amides is 1. The van der Waals surface area contributed by atoms with Crippen LogP contribution >= 0.6 is 0 Å². The second kappa shape index (κ2) is 5.96.